The standard InChI is InChI=1S/C12H9N2O/c15-12-7-2-1-6-11(12)14-9-10-5-3-4-8-13-10/h1-9H. The molecule has 1 aromatic heterocycles. The molecule has 0 spiro atoms. The van der Waals surface area contributed by atoms with Crippen LogP contribution in [0, 0.1) is 0 Å². The van der Waals surface area contributed by atoms with Gasteiger partial charge in [-0.2, -0.15) is 0 Å². The van der Waals surface area contributed by atoms with E-state index >= 15 is 0 Å². The zero-order valence-electron chi connectivity index (χ0n) is 8.00. The highest BCUT2D eigenvalue weighted by Gasteiger charge is 1.97. The van der Waals surface area contributed by atoms with Crippen molar-refractivity contribution >= 4 is 11.9 Å². The molecule has 0 amide bonds. The summed E-state index contributed by atoms with van der Waals surface area (Å²) >= 11 is 0. The molecule has 0 aliphatic heterocycles. The van der Waals surface area contributed by atoms with E-state index in [9.17, 15) is 5.11 Å². The second-order valence-electron chi connectivity index (χ2n) is 2.98. The van der Waals surface area contributed by atoms with Crippen LogP contribution in [-0.4, -0.2) is 11.2 Å². The second-order valence-corrected chi connectivity index (χ2v) is 2.98. The quantitative estimate of drug-likeness (QED) is 0.682. The van der Waals surface area contributed by atoms with Crippen LogP contribution < -0.4 is 0 Å². The lowest BCUT2D eigenvalue weighted by molar-refractivity contribution is 0.356. The molecule has 3 nitrogen and oxygen atoms in total. The van der Waals surface area contributed by atoms with Crippen molar-refractivity contribution in [1.29, 1.82) is 0 Å². The maximum Gasteiger partial charge on any atom is 0.204 e. The largest absolute Gasteiger partial charge is 0.288 e. The number of aliphatic imine (C=N–C) groups is 1. The molecule has 73 valence electrons. The Labute approximate surface area is 87.8 Å². The molecule has 0 saturated carbocycles. The summed E-state index contributed by atoms with van der Waals surface area (Å²) in [4.78, 5) is 8.15. The van der Waals surface area contributed by atoms with Crippen LogP contribution in [0.25, 0.3) is 0 Å². The minimum atomic E-state index is -0.0790. The van der Waals surface area contributed by atoms with Crippen molar-refractivity contribution < 1.29 is 5.11 Å². The Bertz CT molecular complexity index is 466. The van der Waals surface area contributed by atoms with Crippen LogP contribution in [0.1, 0.15) is 5.69 Å². The number of benzene rings is 1. The monoisotopic (exact) mass is 197 g/mol. The summed E-state index contributed by atoms with van der Waals surface area (Å²) in [5.41, 5.74) is 1.17. The molecule has 1 radical (unpaired) electrons. The third-order valence-corrected chi connectivity index (χ3v) is 1.89. The predicted molar refractivity (Wildman–Crippen MR) is 58.1 cm³/mol. The maximum atomic E-state index is 11.3. The minimum Gasteiger partial charge on any atom is -0.288 e. The normalized spacial score (nSPS) is 10.7. The van der Waals surface area contributed by atoms with Crippen molar-refractivity contribution in [2.75, 3.05) is 0 Å². The number of hydrogen-bond donors (Lipinski definition) is 0. The fourth-order valence-electron chi connectivity index (χ4n) is 1.15. The molecule has 0 aliphatic rings. The molecule has 0 saturated heterocycles. The lowest BCUT2D eigenvalue weighted by Gasteiger charge is -1.94. The van der Waals surface area contributed by atoms with E-state index in [-0.39, 0.29) is 5.75 Å². The van der Waals surface area contributed by atoms with Gasteiger partial charge in [0.2, 0.25) is 5.75 Å². The Morgan fingerprint density at radius 2 is 1.87 bits per heavy atom. The van der Waals surface area contributed by atoms with Gasteiger partial charge < -0.3 is 0 Å². The lowest BCUT2D eigenvalue weighted by atomic mass is 10.3. The van der Waals surface area contributed by atoms with Crippen molar-refractivity contribution in [1.82, 2.24) is 4.98 Å². The Morgan fingerprint density at radius 1 is 1.07 bits per heavy atom. The summed E-state index contributed by atoms with van der Waals surface area (Å²) in [5, 5.41) is 11.3. The number of rotatable bonds is 2. The van der Waals surface area contributed by atoms with E-state index in [1.807, 2.05) is 18.2 Å². The number of para-hydroxylation sites is 2. The van der Waals surface area contributed by atoms with E-state index < -0.39 is 0 Å². The van der Waals surface area contributed by atoms with Crippen LogP contribution in [0.5, 0.6) is 5.75 Å². The van der Waals surface area contributed by atoms with Crippen LogP contribution in [0.3, 0.4) is 0 Å². The van der Waals surface area contributed by atoms with Gasteiger partial charge in [-0.3, -0.25) is 15.1 Å². The highest BCUT2D eigenvalue weighted by molar-refractivity contribution is 5.80. The van der Waals surface area contributed by atoms with Crippen LogP contribution >= 0.6 is 0 Å². The minimum absolute atomic E-state index is 0.0790. The second kappa shape index (κ2) is 4.37. The smallest absolute Gasteiger partial charge is 0.204 e. The first-order valence-electron chi connectivity index (χ1n) is 4.57. The van der Waals surface area contributed by atoms with Crippen LogP contribution in [0.2, 0.25) is 0 Å². The first-order chi connectivity index (χ1) is 7.36. The van der Waals surface area contributed by atoms with Gasteiger partial charge in [0.05, 0.1) is 11.9 Å². The van der Waals surface area contributed by atoms with Gasteiger partial charge in [0.25, 0.3) is 0 Å². The average molecular weight is 197 g/mol. The van der Waals surface area contributed by atoms with E-state index in [2.05, 4.69) is 9.98 Å². The Kier molecular flexibility index (Phi) is 2.74. The maximum absolute atomic E-state index is 11.3. The Morgan fingerprint density at radius 3 is 2.60 bits per heavy atom. The fraction of sp³-hybridized carbons (Fsp3) is 0. The first-order valence-corrected chi connectivity index (χ1v) is 4.57. The molecule has 3 heteroatoms. The van der Waals surface area contributed by atoms with Gasteiger partial charge in [-0.25, -0.2) is 0 Å². The highest BCUT2D eigenvalue weighted by Crippen LogP contribution is 2.25. The number of hydrogen-bond acceptors (Lipinski definition) is 2. The van der Waals surface area contributed by atoms with Gasteiger partial charge >= 0.3 is 0 Å². The lowest BCUT2D eigenvalue weighted by Crippen LogP contribution is -1.83. The molecule has 15 heavy (non-hydrogen) atoms. The number of pyridine rings is 1. The van der Waals surface area contributed by atoms with Gasteiger partial charge in [-0.05, 0) is 24.3 Å². The van der Waals surface area contributed by atoms with E-state index in [0.717, 1.165) is 5.69 Å². The SMILES string of the molecule is [O]c1ccccc1N=Cc1ccccn1. The van der Waals surface area contributed by atoms with Crippen molar-refractivity contribution in [3.05, 3.63) is 54.4 Å². The van der Waals surface area contributed by atoms with Gasteiger partial charge in [0, 0.05) is 6.20 Å². The molecule has 2 aromatic rings. The Hall–Kier alpha value is -2.16. The molecular weight excluding hydrogens is 188 g/mol. The third kappa shape index (κ3) is 2.40. The number of nitrogens with zero attached hydrogens (tertiary/aromatic N) is 2. The Balaban J connectivity index is 2.23. The summed E-state index contributed by atoms with van der Waals surface area (Å²) in [6.07, 6.45) is 3.27. The van der Waals surface area contributed by atoms with E-state index in [1.54, 1.807) is 30.6 Å². The van der Waals surface area contributed by atoms with E-state index in [4.69, 9.17) is 0 Å². The molecule has 0 bridgehead atoms. The van der Waals surface area contributed by atoms with Crippen molar-refractivity contribution in [3.8, 4) is 5.75 Å². The fourth-order valence-corrected chi connectivity index (χ4v) is 1.15. The number of aromatic nitrogens is 1. The molecule has 0 atom stereocenters. The molecule has 1 aromatic carbocycles. The molecular formula is C12H9N2O. The summed E-state index contributed by atoms with van der Waals surface area (Å²) in [6.45, 7) is 0. The topological polar surface area (TPSA) is 45.1 Å². The molecule has 1 heterocycles. The van der Waals surface area contributed by atoms with E-state index in [1.165, 1.54) is 6.07 Å². The highest BCUT2D eigenvalue weighted by atomic mass is 16.3. The van der Waals surface area contributed by atoms with Crippen molar-refractivity contribution in [2.24, 2.45) is 4.99 Å². The third-order valence-electron chi connectivity index (χ3n) is 1.89. The first kappa shape index (κ1) is 9.40. The zero-order valence-corrected chi connectivity index (χ0v) is 8.00. The summed E-state index contributed by atoms with van der Waals surface area (Å²) in [7, 11) is 0. The predicted octanol–water partition coefficient (Wildman–Crippen LogP) is 2.98. The van der Waals surface area contributed by atoms with E-state index in [0.29, 0.717) is 5.69 Å². The summed E-state index contributed by atoms with van der Waals surface area (Å²) in [5.74, 6) is -0.0790. The molecule has 0 aliphatic carbocycles. The summed E-state index contributed by atoms with van der Waals surface area (Å²) in [6, 6.07) is 12.2. The van der Waals surface area contributed by atoms with Gasteiger partial charge in [-0.15, -0.1) is 0 Å². The zero-order chi connectivity index (χ0) is 10.5. The van der Waals surface area contributed by atoms with Gasteiger partial charge in [-0.1, -0.05) is 18.2 Å². The summed E-state index contributed by atoms with van der Waals surface area (Å²) < 4.78 is 0. The molecule has 0 unspecified atom stereocenters. The van der Waals surface area contributed by atoms with Crippen LogP contribution in [0.4, 0.5) is 5.69 Å². The van der Waals surface area contributed by atoms with Crippen LogP contribution in [0.15, 0.2) is 53.7 Å². The van der Waals surface area contributed by atoms with Crippen LogP contribution in [-0.2, 0) is 5.11 Å². The van der Waals surface area contributed by atoms with Gasteiger partial charge in [0.15, 0.2) is 0 Å². The molecule has 0 fully saturated rings. The molecule has 2 rings (SSSR count). The van der Waals surface area contributed by atoms with Crippen molar-refractivity contribution in [2.45, 2.75) is 0 Å². The average Bonchev–Trinajstić information content (AvgIpc) is 2.29. The van der Waals surface area contributed by atoms with Crippen molar-refractivity contribution in [3.63, 3.8) is 0 Å². The van der Waals surface area contributed by atoms with Gasteiger partial charge in [0.1, 0.15) is 5.69 Å². The molecule has 0 N–H and O–H groups in total.